The summed E-state index contributed by atoms with van der Waals surface area (Å²) in [6.45, 7) is 19.4. The quantitative estimate of drug-likeness (QED) is 0.152. The highest BCUT2D eigenvalue weighted by Crippen LogP contribution is 2.55. The highest BCUT2D eigenvalue weighted by Gasteiger charge is 2.43. The normalized spacial score (nSPS) is 14.9. The number of ether oxygens (including phenoxy) is 2. The molecule has 6 aromatic carbocycles. The molecule has 6 aromatic rings. The van der Waals surface area contributed by atoms with Crippen LogP contribution in [0.3, 0.4) is 0 Å². The van der Waals surface area contributed by atoms with Crippen LogP contribution in [0.5, 0.6) is 11.5 Å². The molecule has 0 saturated heterocycles. The molecule has 0 fully saturated rings. The minimum atomic E-state index is -0.258. The number of fused-ring (bicyclic) bond motifs is 5. The summed E-state index contributed by atoms with van der Waals surface area (Å²) >= 11 is 0. The van der Waals surface area contributed by atoms with E-state index in [1.54, 1.807) is 0 Å². The van der Waals surface area contributed by atoms with Crippen LogP contribution in [-0.2, 0) is 16.2 Å². The molecule has 57 heavy (non-hydrogen) atoms. The first-order valence-electron chi connectivity index (χ1n) is 20.6. The zero-order chi connectivity index (χ0) is 40.0. The number of hydrogen-bond donors (Lipinski definition) is 0. The van der Waals surface area contributed by atoms with Crippen molar-refractivity contribution in [2.45, 2.75) is 84.5 Å². The first-order chi connectivity index (χ1) is 27.4. The van der Waals surface area contributed by atoms with Gasteiger partial charge in [0, 0.05) is 40.8 Å². The van der Waals surface area contributed by atoms with E-state index < -0.39 is 0 Å². The number of rotatable bonds is 7. The average molecular weight is 753 g/mol. The second-order valence-electron chi connectivity index (χ2n) is 17.3. The van der Waals surface area contributed by atoms with Crippen molar-refractivity contribution in [2.24, 2.45) is 0 Å². The molecular formula is C53H56N2O2+2. The Kier molecular flexibility index (Phi) is 10.0. The summed E-state index contributed by atoms with van der Waals surface area (Å²) in [6.07, 6.45) is 6.67. The largest absolute Gasteiger partial charge is 0.435 e. The summed E-state index contributed by atoms with van der Waals surface area (Å²) in [6, 6.07) is 47.7. The van der Waals surface area contributed by atoms with Gasteiger partial charge in [0.15, 0.2) is 12.4 Å². The maximum atomic E-state index is 6.48. The Morgan fingerprint density at radius 1 is 0.544 bits per heavy atom. The lowest BCUT2D eigenvalue weighted by molar-refractivity contribution is -0.476. The van der Waals surface area contributed by atoms with Crippen LogP contribution in [0.15, 0.2) is 133 Å². The number of aryl methyl sites for hydroxylation is 1. The first kappa shape index (κ1) is 38.1. The van der Waals surface area contributed by atoms with Crippen LogP contribution in [0.1, 0.15) is 106 Å². The second kappa shape index (κ2) is 15.0. The van der Waals surface area contributed by atoms with Crippen LogP contribution in [0.2, 0.25) is 0 Å². The lowest BCUT2D eigenvalue weighted by atomic mass is 9.73. The lowest BCUT2D eigenvalue weighted by Crippen LogP contribution is -2.28. The molecule has 0 N–H and O–H groups in total. The fraction of sp³-hybridized carbons (Fsp3) is 0.283. The van der Waals surface area contributed by atoms with Gasteiger partial charge in [-0.25, -0.2) is 0 Å². The van der Waals surface area contributed by atoms with Crippen molar-refractivity contribution in [2.75, 3.05) is 13.5 Å². The Morgan fingerprint density at radius 2 is 1.02 bits per heavy atom. The van der Waals surface area contributed by atoms with E-state index in [9.17, 15) is 0 Å². The topological polar surface area (TPSA) is 24.5 Å². The number of benzene rings is 6. The predicted octanol–water partition coefficient (Wildman–Crippen LogP) is 12.6. The Morgan fingerprint density at radius 3 is 1.54 bits per heavy atom. The molecule has 4 nitrogen and oxygen atoms in total. The van der Waals surface area contributed by atoms with Gasteiger partial charge >= 0.3 is 0 Å². The third-order valence-corrected chi connectivity index (χ3v) is 12.9. The van der Waals surface area contributed by atoms with Gasteiger partial charge in [0.05, 0.1) is 11.1 Å². The van der Waals surface area contributed by atoms with Crippen molar-refractivity contribution < 1.29 is 18.6 Å². The van der Waals surface area contributed by atoms with E-state index in [4.69, 9.17) is 9.47 Å². The van der Waals surface area contributed by atoms with Crippen LogP contribution in [0.25, 0.3) is 11.1 Å². The first-order valence-corrected chi connectivity index (χ1v) is 20.6. The van der Waals surface area contributed by atoms with E-state index in [0.29, 0.717) is 13.5 Å². The van der Waals surface area contributed by atoms with Crippen LogP contribution < -0.4 is 9.47 Å². The van der Waals surface area contributed by atoms with E-state index in [-0.39, 0.29) is 16.2 Å². The van der Waals surface area contributed by atoms with Crippen molar-refractivity contribution >= 4 is 23.8 Å². The van der Waals surface area contributed by atoms with Gasteiger partial charge in [-0.05, 0) is 83.0 Å². The third-order valence-electron chi connectivity index (χ3n) is 12.9. The Bertz CT molecular complexity index is 2460. The Balaban J connectivity index is 0.000000163. The van der Waals surface area contributed by atoms with Crippen LogP contribution in [0, 0.1) is 6.92 Å². The minimum absolute atomic E-state index is 0.0900. The summed E-state index contributed by atoms with van der Waals surface area (Å²) in [5.41, 5.74) is 15.1. The van der Waals surface area contributed by atoms with Crippen LogP contribution in [0.4, 0.5) is 11.4 Å². The van der Waals surface area contributed by atoms with Gasteiger partial charge < -0.3 is 9.47 Å². The average Bonchev–Trinajstić information content (AvgIpc) is 3.51. The molecule has 3 aliphatic rings. The molecule has 0 saturated carbocycles. The van der Waals surface area contributed by atoms with Gasteiger partial charge in [-0.15, -0.1) is 0 Å². The minimum Gasteiger partial charge on any atom is -0.435 e. The molecule has 0 unspecified atom stereocenters. The molecule has 0 aromatic heterocycles. The molecule has 288 valence electrons. The zero-order valence-electron chi connectivity index (χ0n) is 34.9. The summed E-state index contributed by atoms with van der Waals surface area (Å²) in [5.74, 6) is 2.05. The smallest absolute Gasteiger partial charge is 0.292 e. The standard InChI is InChI=1S/C29H24NO.C24H32NO/c1-20-16-21-18-30(22-10-4-3-5-11-22)19-31-28(21)27(17-20)29(2)25-14-8-6-12-23(25)24-13-7-9-15-26(24)29;1-7-23(3,4)19-14-18-16-25(20-12-10-9-11-13-20)17-26-22(18)21(15-19)24(5,6)8-2/h3-18H,19H2,1-2H3;9-16H,7-8,17H2,1-6H3/q2*+1. The molecule has 0 spiro atoms. The summed E-state index contributed by atoms with van der Waals surface area (Å²) in [5, 5.41) is 0. The molecule has 1 aliphatic carbocycles. The van der Waals surface area contributed by atoms with Crippen molar-refractivity contribution in [3.8, 4) is 22.6 Å². The van der Waals surface area contributed by atoms with Gasteiger partial charge in [-0.1, -0.05) is 139 Å². The van der Waals surface area contributed by atoms with E-state index >= 15 is 0 Å². The van der Waals surface area contributed by atoms with Crippen molar-refractivity contribution in [3.05, 3.63) is 178 Å². The van der Waals surface area contributed by atoms with Gasteiger partial charge in [0.25, 0.3) is 13.5 Å². The highest BCUT2D eigenvalue weighted by atomic mass is 16.5. The van der Waals surface area contributed by atoms with Crippen LogP contribution in [-0.4, -0.2) is 35.0 Å². The monoisotopic (exact) mass is 752 g/mol. The number of nitrogens with zero attached hydrogens (tertiary/aromatic N) is 2. The highest BCUT2D eigenvalue weighted by molar-refractivity contribution is 5.88. The van der Waals surface area contributed by atoms with E-state index in [2.05, 4.69) is 198 Å². The van der Waals surface area contributed by atoms with Gasteiger partial charge in [-0.2, -0.15) is 9.15 Å². The Labute approximate surface area is 339 Å². The molecule has 2 aliphatic heterocycles. The molecular weight excluding hydrogens is 697 g/mol. The SMILES string of the molecule is CCC(C)(C)c1cc2c(c(C(C)(C)CC)c1)OC[N+](c1ccccc1)=C2.Cc1cc2c(c(C3(C)c4ccccc4-c4ccccc43)c1)OC[N+](c1ccccc1)=C2. The molecule has 0 bridgehead atoms. The summed E-state index contributed by atoms with van der Waals surface area (Å²) < 4.78 is 17.1. The number of hydrogen-bond acceptors (Lipinski definition) is 2. The van der Waals surface area contributed by atoms with Gasteiger partial charge in [0.2, 0.25) is 11.4 Å². The third kappa shape index (κ3) is 6.90. The maximum absolute atomic E-state index is 6.48. The fourth-order valence-corrected chi connectivity index (χ4v) is 8.58. The fourth-order valence-electron chi connectivity index (χ4n) is 8.58. The molecule has 4 heteroatoms. The molecule has 0 radical (unpaired) electrons. The molecule has 0 amide bonds. The second-order valence-corrected chi connectivity index (χ2v) is 17.3. The molecule has 9 rings (SSSR count). The van der Waals surface area contributed by atoms with Gasteiger partial charge in [-0.3, -0.25) is 0 Å². The van der Waals surface area contributed by atoms with E-state index in [0.717, 1.165) is 41.3 Å². The van der Waals surface area contributed by atoms with Crippen molar-refractivity contribution in [3.63, 3.8) is 0 Å². The Hall–Kier alpha value is -5.74. The lowest BCUT2D eigenvalue weighted by Gasteiger charge is -2.32. The van der Waals surface area contributed by atoms with Crippen molar-refractivity contribution in [1.29, 1.82) is 0 Å². The van der Waals surface area contributed by atoms with E-state index in [1.165, 1.54) is 50.1 Å². The van der Waals surface area contributed by atoms with E-state index in [1.807, 2.05) is 12.1 Å². The van der Waals surface area contributed by atoms with Crippen LogP contribution >= 0.6 is 0 Å². The summed E-state index contributed by atoms with van der Waals surface area (Å²) in [4.78, 5) is 0. The zero-order valence-corrected chi connectivity index (χ0v) is 34.9. The number of para-hydroxylation sites is 2. The molecule has 0 atom stereocenters. The predicted molar refractivity (Wildman–Crippen MR) is 236 cm³/mol. The maximum Gasteiger partial charge on any atom is 0.292 e. The van der Waals surface area contributed by atoms with Gasteiger partial charge in [0.1, 0.15) is 11.5 Å². The molecule has 2 heterocycles. The summed E-state index contributed by atoms with van der Waals surface area (Å²) in [7, 11) is 0. The van der Waals surface area contributed by atoms with Crippen molar-refractivity contribution in [1.82, 2.24) is 0 Å².